The lowest BCUT2D eigenvalue weighted by atomic mass is 9.70. The molecule has 0 bridgehead atoms. The van der Waals surface area contributed by atoms with E-state index in [1.54, 1.807) is 11.1 Å². The van der Waals surface area contributed by atoms with Crippen molar-refractivity contribution in [2.24, 2.45) is 0 Å². The average Bonchev–Trinajstić information content (AvgIpc) is 1.50. The van der Waals surface area contributed by atoms with Crippen LogP contribution in [0.1, 0.15) is 213 Å². The number of rotatable bonds is 18. The van der Waals surface area contributed by atoms with Crippen LogP contribution >= 0.6 is 0 Å². The van der Waals surface area contributed by atoms with Crippen molar-refractivity contribution in [3.63, 3.8) is 0 Å². The molecular weight excluding hydrogens is 1330 g/mol. The van der Waals surface area contributed by atoms with Gasteiger partial charge in [0.25, 0.3) is 0 Å². The molecule has 15 aromatic rings. The van der Waals surface area contributed by atoms with Crippen molar-refractivity contribution < 1.29 is 8.83 Å². The normalized spacial score (nSPS) is 15.5. The number of furan rings is 2. The minimum Gasteiger partial charge on any atom is -0.455 e. The van der Waals surface area contributed by atoms with Crippen LogP contribution in [0.4, 0.5) is 17.1 Å². The first-order valence-electron chi connectivity index (χ1n) is 41.2. The summed E-state index contributed by atoms with van der Waals surface area (Å²) >= 11 is 0. The molecule has 0 saturated heterocycles. The molecule has 0 amide bonds. The number of aryl methyl sites for hydroxylation is 2. The van der Waals surface area contributed by atoms with E-state index in [9.17, 15) is 0 Å². The molecule has 0 N–H and O–H groups in total. The van der Waals surface area contributed by atoms with Gasteiger partial charge in [0.1, 0.15) is 22.3 Å². The number of unbranched alkanes of at least 4 members (excludes halogenated alkanes) is 8. The minimum atomic E-state index is -0.379. The van der Waals surface area contributed by atoms with Gasteiger partial charge >= 0.3 is 0 Å². The van der Waals surface area contributed by atoms with E-state index in [2.05, 4.69) is 325 Å². The number of hydrogen-bond acceptors (Lipinski definition) is 3. The van der Waals surface area contributed by atoms with Crippen molar-refractivity contribution in [1.82, 2.24) is 0 Å². The molecule has 3 nitrogen and oxygen atoms in total. The fourth-order valence-electron chi connectivity index (χ4n) is 21.9. The second-order valence-corrected chi connectivity index (χ2v) is 35.5. The summed E-state index contributed by atoms with van der Waals surface area (Å²) in [6, 6.07) is 91.4. The average molecular weight is 1430 g/mol. The van der Waals surface area contributed by atoms with Crippen LogP contribution in [0.5, 0.6) is 0 Å². The van der Waals surface area contributed by atoms with E-state index in [-0.39, 0.29) is 27.1 Å². The third kappa shape index (κ3) is 10.00. The number of nitrogens with zero attached hydrogens (tertiary/aromatic N) is 1. The Balaban J connectivity index is 0.639. The van der Waals surface area contributed by atoms with Crippen molar-refractivity contribution >= 4 is 60.9 Å². The second kappa shape index (κ2) is 25.1. The lowest BCUT2D eigenvalue weighted by Gasteiger charge is -2.33. The molecule has 5 aliphatic rings. The predicted octanol–water partition coefficient (Wildman–Crippen LogP) is 30.8. The maximum Gasteiger partial charge on any atom is 0.144 e. The van der Waals surface area contributed by atoms with Gasteiger partial charge in [-0.05, 0) is 244 Å². The highest BCUT2D eigenvalue weighted by molar-refractivity contribution is 6.22. The van der Waals surface area contributed by atoms with Gasteiger partial charge in [0.15, 0.2) is 0 Å². The number of fused-ring (bicyclic) bond motifs is 25. The zero-order valence-electron chi connectivity index (χ0n) is 66.3. The van der Waals surface area contributed by atoms with Crippen LogP contribution in [0.3, 0.4) is 0 Å². The largest absolute Gasteiger partial charge is 0.455 e. The van der Waals surface area contributed by atoms with Gasteiger partial charge < -0.3 is 13.7 Å². The molecule has 5 aliphatic carbocycles. The van der Waals surface area contributed by atoms with Crippen molar-refractivity contribution in [3.05, 3.63) is 303 Å². The summed E-state index contributed by atoms with van der Waals surface area (Å²) in [5.41, 5.74) is 43.1. The van der Waals surface area contributed by atoms with Gasteiger partial charge in [-0.2, -0.15) is 0 Å². The molecule has 0 unspecified atom stereocenters. The molecule has 2 aromatic heterocycles. The standard InChI is InChI=1S/C107H99NO2/c1-13-15-17-19-29-53-107(54-30-20-18-16-14-2)85-36-26-21-31-74(85)77-50-45-70(60-90(77)107)69-44-49-76-75-48-43-68(58-86(75)103(5,6)87(76)59-69)66-39-41-67(42-40-66)83-63-91-94(96-81-33-23-27-37-92(81)109-101(83)96)79-51-46-71(61-88(79)104(91,7)8)108(73-56-64(3)55-65(4)57-73)72-47-52-80-89(62-72)106(11,12)100-98(80)102-97(82-34-24-28-38-93(82)110-102)95-78-32-22-25-35-84(78)105(9,10)99(95)100/h21-28,31-52,55-63H,13-20,29-30,53-54H2,1-12H3. The van der Waals surface area contributed by atoms with Gasteiger partial charge in [-0.15, -0.1) is 0 Å². The third-order valence-electron chi connectivity index (χ3n) is 27.4. The van der Waals surface area contributed by atoms with Crippen LogP contribution in [0.2, 0.25) is 0 Å². The van der Waals surface area contributed by atoms with Gasteiger partial charge in [-0.3, -0.25) is 0 Å². The van der Waals surface area contributed by atoms with Crippen LogP contribution in [0.25, 0.3) is 133 Å². The van der Waals surface area contributed by atoms with E-state index in [0.29, 0.717) is 0 Å². The molecule has 544 valence electrons. The predicted molar refractivity (Wildman–Crippen MR) is 465 cm³/mol. The van der Waals surface area contributed by atoms with Gasteiger partial charge in [0.05, 0.1) is 0 Å². The summed E-state index contributed by atoms with van der Waals surface area (Å²) in [5, 5.41) is 4.72. The fraction of sp³-hybridized carbons (Fsp3) is 0.271. The SMILES string of the molecule is CCCCCCCC1(CCCCCCC)c2ccccc2-c2ccc(-c3ccc4c(c3)C(C)(C)c3cc(-c5ccc(-c6cc7c(c8c6oc6ccccc68)-c6ccc(N(c8cc(C)cc(C)c8)c8ccc9c(c8)C(C)(C)c8c%10c(c%11c(oc%12ccccc%12%11)c8-9)-c8ccccc8C%10(C)C)cc6C7(C)C)cc5)ccc3-4)cc21. The van der Waals surface area contributed by atoms with E-state index in [1.807, 2.05) is 0 Å². The number of para-hydroxylation sites is 2. The molecule has 13 aromatic carbocycles. The molecule has 20 rings (SSSR count). The first-order valence-corrected chi connectivity index (χ1v) is 41.2. The van der Waals surface area contributed by atoms with Crippen LogP contribution in [0, 0.1) is 13.8 Å². The smallest absolute Gasteiger partial charge is 0.144 e. The van der Waals surface area contributed by atoms with Gasteiger partial charge in [-0.1, -0.05) is 297 Å². The zero-order chi connectivity index (χ0) is 75.1. The molecule has 2 heterocycles. The van der Waals surface area contributed by atoms with E-state index < -0.39 is 0 Å². The first-order chi connectivity index (χ1) is 53.3. The molecule has 0 saturated carbocycles. The number of benzene rings is 13. The lowest BCUT2D eigenvalue weighted by Crippen LogP contribution is -2.25. The van der Waals surface area contributed by atoms with Crippen molar-refractivity contribution in [3.8, 4) is 89.0 Å². The Labute approximate surface area is 650 Å². The van der Waals surface area contributed by atoms with Crippen LogP contribution < -0.4 is 4.90 Å². The van der Waals surface area contributed by atoms with Crippen LogP contribution in [-0.4, -0.2) is 0 Å². The molecular formula is C107H99NO2. The highest BCUT2D eigenvalue weighted by Crippen LogP contribution is 2.65. The Bertz CT molecular complexity index is 6310. The third-order valence-corrected chi connectivity index (χ3v) is 27.4. The summed E-state index contributed by atoms with van der Waals surface area (Å²) in [4.78, 5) is 2.52. The Morgan fingerprint density at radius 1 is 0.282 bits per heavy atom. The Kier molecular flexibility index (Phi) is 15.7. The lowest BCUT2D eigenvalue weighted by molar-refractivity contribution is 0.399. The molecule has 0 spiro atoms. The van der Waals surface area contributed by atoms with E-state index >= 15 is 0 Å². The Hall–Kier alpha value is -10.7. The summed E-state index contributed by atoms with van der Waals surface area (Å²) in [5.74, 6) is 0. The summed E-state index contributed by atoms with van der Waals surface area (Å²) in [6.45, 7) is 28.7. The van der Waals surface area contributed by atoms with Crippen LogP contribution in [0.15, 0.2) is 245 Å². The summed E-state index contributed by atoms with van der Waals surface area (Å²) in [7, 11) is 0. The van der Waals surface area contributed by atoms with Crippen LogP contribution in [-0.2, 0) is 27.1 Å². The highest BCUT2D eigenvalue weighted by atomic mass is 16.3. The maximum absolute atomic E-state index is 7.15. The summed E-state index contributed by atoms with van der Waals surface area (Å²) < 4.78 is 14.3. The maximum atomic E-state index is 7.15. The molecule has 0 aliphatic heterocycles. The molecule has 3 heteroatoms. The van der Waals surface area contributed by atoms with E-state index in [0.717, 1.165) is 55.9 Å². The van der Waals surface area contributed by atoms with E-state index in [1.165, 1.54) is 227 Å². The van der Waals surface area contributed by atoms with Crippen molar-refractivity contribution in [2.75, 3.05) is 4.90 Å². The molecule has 0 atom stereocenters. The second-order valence-electron chi connectivity index (χ2n) is 35.5. The quantitative estimate of drug-likeness (QED) is 0.0802. The minimum absolute atomic E-state index is 0.0449. The monoisotopic (exact) mass is 1430 g/mol. The Morgan fingerprint density at radius 3 is 1.31 bits per heavy atom. The zero-order valence-corrected chi connectivity index (χ0v) is 66.3. The fourth-order valence-corrected chi connectivity index (χ4v) is 21.9. The van der Waals surface area contributed by atoms with Gasteiger partial charge in [-0.25, -0.2) is 0 Å². The highest BCUT2D eigenvalue weighted by Gasteiger charge is 2.50. The Morgan fingerprint density at radius 2 is 0.700 bits per heavy atom. The van der Waals surface area contributed by atoms with Gasteiger partial charge in [0, 0.05) is 76.8 Å². The molecule has 0 radical (unpaired) electrons. The van der Waals surface area contributed by atoms with Gasteiger partial charge in [0.2, 0.25) is 0 Å². The number of anilines is 3. The number of hydrogen-bond donors (Lipinski definition) is 0. The van der Waals surface area contributed by atoms with E-state index in [4.69, 9.17) is 8.83 Å². The first kappa shape index (κ1) is 68.5. The summed E-state index contributed by atoms with van der Waals surface area (Å²) in [6.07, 6.45) is 15.5. The topological polar surface area (TPSA) is 29.5 Å². The molecule has 0 fully saturated rings. The van der Waals surface area contributed by atoms with Crippen molar-refractivity contribution in [1.29, 1.82) is 0 Å². The molecule has 110 heavy (non-hydrogen) atoms. The van der Waals surface area contributed by atoms with Crippen molar-refractivity contribution in [2.45, 2.75) is 187 Å².